The predicted molar refractivity (Wildman–Crippen MR) is 229 cm³/mol. The Kier molecular flexibility index (Phi) is 23.0. The Morgan fingerprint density at radius 2 is 0.548 bits per heavy atom. The van der Waals surface area contributed by atoms with Crippen LogP contribution < -0.4 is 5.73 Å². The van der Waals surface area contributed by atoms with Crippen molar-refractivity contribution in [1.82, 2.24) is 0 Å². The molecule has 6 rings (SSSR count). The molecule has 6 saturated heterocycles. The highest BCUT2D eigenvalue weighted by molar-refractivity contribution is 5.00. The molecule has 31 heteroatoms. The Bertz CT molecular complexity index is 1620. The van der Waals surface area contributed by atoms with Crippen molar-refractivity contribution in [1.29, 1.82) is 0 Å². The van der Waals surface area contributed by atoms with Crippen LogP contribution in [0.1, 0.15) is 32.1 Å². The zero-order valence-corrected chi connectivity index (χ0v) is 39.4. The van der Waals surface area contributed by atoms with Gasteiger partial charge in [0.05, 0.1) is 45.7 Å². The van der Waals surface area contributed by atoms with Gasteiger partial charge in [0.2, 0.25) is 0 Å². The summed E-state index contributed by atoms with van der Waals surface area (Å²) in [7, 11) is 0. The minimum absolute atomic E-state index is 0.256. The number of hydrogen-bond acceptors (Lipinski definition) is 31. The molecule has 6 aliphatic rings. The van der Waals surface area contributed by atoms with Gasteiger partial charge in [0, 0.05) is 0 Å². The normalized spacial score (nSPS) is 50.0. The number of rotatable bonds is 22. The van der Waals surface area contributed by atoms with Crippen LogP contribution in [0, 0.1) is 0 Å². The maximum atomic E-state index is 11.7. The van der Waals surface area contributed by atoms with Crippen molar-refractivity contribution in [2.45, 2.75) is 216 Å². The van der Waals surface area contributed by atoms with Gasteiger partial charge >= 0.3 is 0 Å². The Hall–Kier alpha value is -1.24. The topological polar surface area (TPSA) is 512 Å². The monoisotopic (exact) mass is 1070 g/mol. The van der Waals surface area contributed by atoms with E-state index in [-0.39, 0.29) is 6.42 Å². The number of nitrogens with two attached hydrogens (primary N) is 1. The van der Waals surface area contributed by atoms with Gasteiger partial charge in [-0.3, -0.25) is 0 Å². The van der Waals surface area contributed by atoms with Gasteiger partial charge < -0.3 is 155 Å². The molecule has 6 fully saturated rings. The molecule has 0 saturated carbocycles. The van der Waals surface area contributed by atoms with E-state index in [9.17, 15) is 97.0 Å². The van der Waals surface area contributed by atoms with Crippen molar-refractivity contribution >= 4 is 0 Å². The van der Waals surface area contributed by atoms with Crippen LogP contribution in [0.25, 0.3) is 0 Å². The highest BCUT2D eigenvalue weighted by Crippen LogP contribution is 2.37. The van der Waals surface area contributed by atoms with Crippen molar-refractivity contribution in [2.24, 2.45) is 5.73 Å². The molecule has 0 aromatic rings. The van der Waals surface area contributed by atoms with E-state index in [2.05, 4.69) is 0 Å². The van der Waals surface area contributed by atoms with Gasteiger partial charge in [-0.1, -0.05) is 19.3 Å². The van der Waals surface area contributed by atoms with Crippen molar-refractivity contribution in [3.05, 3.63) is 0 Å². The van der Waals surface area contributed by atoms with Crippen LogP contribution in [-0.2, 0) is 52.1 Å². The van der Waals surface area contributed by atoms with E-state index in [1.165, 1.54) is 0 Å². The lowest BCUT2D eigenvalue weighted by molar-refractivity contribution is -0.403. The molecule has 6 aliphatic heterocycles. The van der Waals surface area contributed by atoms with Gasteiger partial charge in [0.1, 0.15) is 146 Å². The van der Waals surface area contributed by atoms with Gasteiger partial charge in [0.15, 0.2) is 31.5 Å². The molecule has 31 nitrogen and oxygen atoms in total. The molecular formula is C42H75NO30. The number of aliphatic hydroxyl groups excluding tert-OH is 19. The van der Waals surface area contributed by atoms with Gasteiger partial charge in [0.25, 0.3) is 0 Å². The molecule has 73 heavy (non-hydrogen) atoms. The third kappa shape index (κ3) is 13.4. The third-order valence-corrected chi connectivity index (χ3v) is 14.0. The summed E-state index contributed by atoms with van der Waals surface area (Å²) in [6, 6.07) is 0. The average Bonchev–Trinajstić information content (AvgIpc) is 3.38. The van der Waals surface area contributed by atoms with Crippen LogP contribution in [0.3, 0.4) is 0 Å². The van der Waals surface area contributed by atoms with Crippen LogP contribution in [0.5, 0.6) is 0 Å². The Balaban J connectivity index is 1.21. The number of aliphatic hydroxyl groups is 19. The molecule has 0 aromatic heterocycles. The van der Waals surface area contributed by atoms with Gasteiger partial charge in [-0.25, -0.2) is 0 Å². The van der Waals surface area contributed by atoms with E-state index in [1.807, 2.05) is 0 Å². The van der Waals surface area contributed by atoms with Crippen LogP contribution >= 0.6 is 0 Å². The zero-order valence-electron chi connectivity index (χ0n) is 39.4. The van der Waals surface area contributed by atoms with Gasteiger partial charge in [-0.05, 0) is 19.4 Å². The first kappa shape index (κ1) is 61.0. The van der Waals surface area contributed by atoms with E-state index >= 15 is 0 Å². The molecule has 6 heterocycles. The third-order valence-electron chi connectivity index (χ3n) is 14.0. The highest BCUT2D eigenvalue weighted by Gasteiger charge is 2.58. The summed E-state index contributed by atoms with van der Waals surface area (Å²) < 4.78 is 62.7. The van der Waals surface area contributed by atoms with Crippen LogP contribution in [0.15, 0.2) is 0 Å². The summed E-state index contributed by atoms with van der Waals surface area (Å²) in [5.74, 6) is 0. The lowest BCUT2D eigenvalue weighted by Gasteiger charge is -2.50. The Morgan fingerprint density at radius 1 is 0.260 bits per heavy atom. The quantitative estimate of drug-likeness (QED) is 0.0448. The minimum Gasteiger partial charge on any atom is -0.394 e. The summed E-state index contributed by atoms with van der Waals surface area (Å²) in [5.41, 5.74) is 5.57. The van der Waals surface area contributed by atoms with E-state index < -0.39 is 224 Å². The molecule has 0 aromatic carbocycles. The first-order valence-corrected chi connectivity index (χ1v) is 24.2. The van der Waals surface area contributed by atoms with Crippen LogP contribution in [-0.4, -0.2) is 327 Å². The lowest BCUT2D eigenvalue weighted by Crippen LogP contribution is -2.68. The number of unbranched alkanes of at least 4 members (excludes halogenated alkanes) is 3. The summed E-state index contributed by atoms with van der Waals surface area (Å²) in [4.78, 5) is 0. The fourth-order valence-electron chi connectivity index (χ4n) is 9.65. The van der Waals surface area contributed by atoms with Crippen molar-refractivity contribution in [2.75, 3.05) is 46.2 Å². The Morgan fingerprint density at radius 3 is 0.945 bits per heavy atom. The van der Waals surface area contributed by atoms with Crippen molar-refractivity contribution in [3.63, 3.8) is 0 Å². The second-order valence-electron chi connectivity index (χ2n) is 18.9. The molecule has 0 amide bonds. The minimum atomic E-state index is -2.27. The maximum absolute atomic E-state index is 11.7. The summed E-state index contributed by atoms with van der Waals surface area (Å²) in [6.45, 7) is -5.09. The lowest BCUT2D eigenvalue weighted by atomic mass is 9.91. The number of ether oxygens (including phenoxy) is 11. The molecule has 0 bridgehead atoms. The molecule has 0 radical (unpaired) electrons. The van der Waals surface area contributed by atoms with E-state index in [4.69, 9.17) is 57.8 Å². The second kappa shape index (κ2) is 27.6. The predicted octanol–water partition coefficient (Wildman–Crippen LogP) is -12.1. The first-order chi connectivity index (χ1) is 34.8. The SMILES string of the molecule is NCCCCCC[C@H]1OC(CO)[C@@H](O)[C@H](O[C@H]2OC(CO)[C@@H](O)[C@H](O[C@H]3OC(CO)[C@@H](O)[C@H](O)C3O[C@H]3OC(CO)[C@@H](O)[C@H](O[C@H]4OC(CO)[C@@H](O)[C@H](O[C@H]5OC(CO)[C@@H](O)[C@H](O)C5O)C4O)C3O)C2O)C1O. The first-order valence-electron chi connectivity index (χ1n) is 24.2. The summed E-state index contributed by atoms with van der Waals surface area (Å²) in [5, 5.41) is 205. The second-order valence-corrected chi connectivity index (χ2v) is 18.9. The van der Waals surface area contributed by atoms with Crippen molar-refractivity contribution in [3.8, 4) is 0 Å². The van der Waals surface area contributed by atoms with E-state index in [0.29, 0.717) is 13.0 Å². The fraction of sp³-hybridized carbons (Fsp3) is 1.00. The zero-order chi connectivity index (χ0) is 53.6. The fourth-order valence-corrected chi connectivity index (χ4v) is 9.65. The Labute approximate surface area is 416 Å². The molecule has 0 aliphatic carbocycles. The molecule has 21 N–H and O–H groups in total. The summed E-state index contributed by atoms with van der Waals surface area (Å²) in [6.07, 6.45) is -53.3. The van der Waals surface area contributed by atoms with Crippen LogP contribution in [0.2, 0.25) is 0 Å². The summed E-state index contributed by atoms with van der Waals surface area (Å²) >= 11 is 0. The molecule has 30 atom stereocenters. The smallest absolute Gasteiger partial charge is 0.187 e. The van der Waals surface area contributed by atoms with Gasteiger partial charge in [-0.15, -0.1) is 0 Å². The molecule has 0 spiro atoms. The highest BCUT2D eigenvalue weighted by atomic mass is 16.8. The van der Waals surface area contributed by atoms with Gasteiger partial charge in [-0.2, -0.15) is 0 Å². The standard InChI is InChI=1S/C42H75NO30/c43-6-4-2-1-3-5-13-22(52)33(23(53)16(9-46)63-13)69-39-32(62)36(26(56)19(12-49)65-39)72-42-37(28(58)21(51)15(8-45)68-42)73-41-31(61)35(25(55)18(11-48)67-41)71-40-30(60)34(24(54)17(10-47)66-40)70-38-29(59)27(57)20(50)14(7-44)64-38/h13-42,44-62H,1-12,43H2/t13-,14?,15?,16?,17?,18?,19?,20-,21-,22?,23-,24-,25-,26-,27+,28+,29?,30?,31?,32?,33-,34+,35+,36+,37?,38-,39-,40-,41-,42-/m1/s1. The van der Waals surface area contributed by atoms with Crippen LogP contribution in [0.4, 0.5) is 0 Å². The largest absolute Gasteiger partial charge is 0.394 e. The molecular weight excluding hydrogens is 998 g/mol. The average molecular weight is 1070 g/mol. The van der Waals surface area contributed by atoms with E-state index in [1.54, 1.807) is 0 Å². The maximum Gasteiger partial charge on any atom is 0.187 e. The molecule has 12 unspecified atom stereocenters. The molecule has 428 valence electrons. The van der Waals surface area contributed by atoms with Crippen molar-refractivity contribution < 1.29 is 149 Å². The number of hydrogen-bond donors (Lipinski definition) is 20. The van der Waals surface area contributed by atoms with E-state index in [0.717, 1.165) is 19.3 Å².